The van der Waals surface area contributed by atoms with Gasteiger partial charge in [-0.25, -0.2) is 8.78 Å². The molecule has 1 saturated carbocycles. The van der Waals surface area contributed by atoms with Crippen LogP contribution < -0.4 is 15.9 Å². The summed E-state index contributed by atoms with van der Waals surface area (Å²) in [6.07, 6.45) is 2.22. The molecule has 0 amide bonds. The molecule has 0 atom stereocenters. The number of nitrogens with zero attached hydrogens (tertiary/aromatic N) is 2. The van der Waals surface area contributed by atoms with Crippen LogP contribution in [0.2, 0.25) is 5.02 Å². The Balaban J connectivity index is 1.59. The van der Waals surface area contributed by atoms with Crippen molar-refractivity contribution in [3.05, 3.63) is 96.9 Å². The van der Waals surface area contributed by atoms with E-state index in [1.807, 2.05) is 24.3 Å². The van der Waals surface area contributed by atoms with Crippen molar-refractivity contribution in [3.63, 3.8) is 0 Å². The van der Waals surface area contributed by atoms with Gasteiger partial charge in [-0.1, -0.05) is 35.9 Å². The van der Waals surface area contributed by atoms with Crippen molar-refractivity contribution in [2.75, 3.05) is 11.4 Å². The highest BCUT2D eigenvalue weighted by Crippen LogP contribution is 2.43. The lowest BCUT2D eigenvalue weighted by Crippen LogP contribution is -2.32. The summed E-state index contributed by atoms with van der Waals surface area (Å²) in [7, 11) is 0. The monoisotopic (exact) mass is 503 g/mol. The van der Waals surface area contributed by atoms with Crippen LogP contribution in [0, 0.1) is 11.6 Å². The zero-order valence-corrected chi connectivity index (χ0v) is 19.8. The molecule has 3 heterocycles. The predicted octanol–water partition coefficient (Wildman–Crippen LogP) is 5.83. The minimum atomic E-state index is -0.804. The Labute approximate surface area is 208 Å². The topological polar surface area (TPSA) is 58.1 Å². The first kappa shape index (κ1) is 21.6. The van der Waals surface area contributed by atoms with Gasteiger partial charge < -0.3 is 14.5 Å². The molecule has 36 heavy (non-hydrogen) atoms. The van der Waals surface area contributed by atoms with Crippen LogP contribution in [0.5, 0.6) is 0 Å². The highest BCUT2D eigenvalue weighted by molar-refractivity contribution is 6.31. The molecule has 5 aromatic rings. The average molecular weight is 504 g/mol. The molecule has 0 bridgehead atoms. The van der Waals surface area contributed by atoms with Gasteiger partial charge in [0.25, 0.3) is 5.56 Å². The van der Waals surface area contributed by atoms with Crippen molar-refractivity contribution in [3.8, 4) is 0 Å². The quantitative estimate of drug-likeness (QED) is 0.244. The third-order valence-corrected chi connectivity index (χ3v) is 7.66. The number of rotatable bonds is 2. The molecule has 1 aliphatic heterocycles. The van der Waals surface area contributed by atoms with Crippen molar-refractivity contribution < 1.29 is 8.78 Å². The van der Waals surface area contributed by atoms with Crippen LogP contribution in [-0.4, -0.2) is 16.1 Å². The second kappa shape index (κ2) is 7.64. The SMILES string of the molecule is O=c1[nH]c2cc(Cl)ccc2c2c1c(=O)c1cc(F)c(N3CCc4ccccc4C3)c(F)c1n2C1CC1. The highest BCUT2D eigenvalue weighted by Gasteiger charge is 2.33. The number of H-pyrrole nitrogens is 1. The summed E-state index contributed by atoms with van der Waals surface area (Å²) in [5.74, 6) is -1.57. The summed E-state index contributed by atoms with van der Waals surface area (Å²) in [4.78, 5) is 31.0. The molecule has 0 saturated heterocycles. The molecule has 1 aliphatic carbocycles. The predicted molar refractivity (Wildman–Crippen MR) is 138 cm³/mol. The van der Waals surface area contributed by atoms with E-state index in [0.29, 0.717) is 41.0 Å². The van der Waals surface area contributed by atoms with Crippen molar-refractivity contribution in [2.24, 2.45) is 0 Å². The van der Waals surface area contributed by atoms with Gasteiger partial charge >= 0.3 is 0 Å². The molecule has 3 aromatic carbocycles. The minimum Gasteiger partial charge on any atom is -0.362 e. The van der Waals surface area contributed by atoms with Crippen LogP contribution in [0.15, 0.2) is 58.1 Å². The molecule has 180 valence electrons. The fourth-order valence-electron chi connectivity index (χ4n) is 5.64. The molecule has 5 nitrogen and oxygen atoms in total. The van der Waals surface area contributed by atoms with Crippen LogP contribution in [0.25, 0.3) is 32.7 Å². The van der Waals surface area contributed by atoms with E-state index < -0.39 is 22.6 Å². The maximum absolute atomic E-state index is 16.5. The van der Waals surface area contributed by atoms with Gasteiger partial charge in [-0.15, -0.1) is 0 Å². The number of aromatic nitrogens is 2. The van der Waals surface area contributed by atoms with Gasteiger partial charge in [0.2, 0.25) is 5.43 Å². The molecule has 1 fully saturated rings. The van der Waals surface area contributed by atoms with Gasteiger partial charge in [0.05, 0.1) is 21.9 Å². The molecule has 2 aromatic heterocycles. The zero-order valence-electron chi connectivity index (χ0n) is 19.1. The van der Waals surface area contributed by atoms with Crippen molar-refractivity contribution >= 4 is 50.0 Å². The smallest absolute Gasteiger partial charge is 0.261 e. The molecule has 2 aliphatic rings. The minimum absolute atomic E-state index is 0.0482. The largest absolute Gasteiger partial charge is 0.362 e. The molecular weight excluding hydrogens is 484 g/mol. The van der Waals surface area contributed by atoms with E-state index in [1.165, 1.54) is 5.56 Å². The average Bonchev–Trinajstić information content (AvgIpc) is 3.69. The normalized spacial score (nSPS) is 15.7. The lowest BCUT2D eigenvalue weighted by Gasteiger charge is -2.31. The number of benzene rings is 3. The molecular formula is C28H20ClF2N3O2. The number of hydrogen-bond donors (Lipinski definition) is 1. The Kier molecular flexibility index (Phi) is 4.58. The Bertz CT molecular complexity index is 1870. The summed E-state index contributed by atoms with van der Waals surface area (Å²) in [5, 5.41) is 0.809. The van der Waals surface area contributed by atoms with Crippen molar-refractivity contribution in [1.29, 1.82) is 0 Å². The van der Waals surface area contributed by atoms with Crippen LogP contribution in [0.3, 0.4) is 0 Å². The van der Waals surface area contributed by atoms with Gasteiger partial charge in [0.15, 0.2) is 5.82 Å². The van der Waals surface area contributed by atoms with E-state index in [4.69, 9.17) is 11.6 Å². The number of aromatic amines is 1. The molecule has 8 heteroatoms. The number of fused-ring (bicyclic) bond motifs is 5. The van der Waals surface area contributed by atoms with Crippen LogP contribution >= 0.6 is 11.6 Å². The van der Waals surface area contributed by atoms with Crippen LogP contribution in [-0.2, 0) is 13.0 Å². The molecule has 0 spiro atoms. The van der Waals surface area contributed by atoms with E-state index in [1.54, 1.807) is 27.7 Å². The van der Waals surface area contributed by atoms with Gasteiger partial charge in [-0.2, -0.15) is 0 Å². The number of halogens is 3. The standard InChI is InChI=1S/C28H20ClF2N3O2/c29-16-5-8-18-21(11-16)32-28(36)22-24(18)34(17-6-7-17)25-19(27(22)35)12-20(30)26(23(25)31)33-10-9-14-3-1-2-4-15(14)13-33/h1-5,8,11-12,17H,6-7,9-10,13H2,(H,32,36). The summed E-state index contributed by atoms with van der Waals surface area (Å²) in [6, 6.07) is 13.9. The van der Waals surface area contributed by atoms with Gasteiger partial charge in [-0.05, 0) is 54.7 Å². The summed E-state index contributed by atoms with van der Waals surface area (Å²) >= 11 is 6.15. The summed E-state index contributed by atoms with van der Waals surface area (Å²) in [6.45, 7) is 0.830. The summed E-state index contributed by atoms with van der Waals surface area (Å²) < 4.78 is 33.7. The lowest BCUT2D eigenvalue weighted by molar-refractivity contribution is 0.566. The van der Waals surface area contributed by atoms with Gasteiger partial charge in [0, 0.05) is 29.5 Å². The van der Waals surface area contributed by atoms with Crippen LogP contribution in [0.4, 0.5) is 14.5 Å². The summed E-state index contributed by atoms with van der Waals surface area (Å²) in [5.41, 5.74) is 1.65. The molecule has 0 unspecified atom stereocenters. The van der Waals surface area contributed by atoms with Crippen molar-refractivity contribution in [2.45, 2.75) is 31.8 Å². The Morgan fingerprint density at radius 2 is 1.72 bits per heavy atom. The third kappa shape index (κ3) is 3.05. The molecule has 7 rings (SSSR count). The zero-order chi connectivity index (χ0) is 24.7. The fourth-order valence-corrected chi connectivity index (χ4v) is 5.81. The van der Waals surface area contributed by atoms with E-state index in [2.05, 4.69) is 4.98 Å². The van der Waals surface area contributed by atoms with E-state index in [9.17, 15) is 9.59 Å². The number of hydrogen-bond acceptors (Lipinski definition) is 3. The number of nitrogens with one attached hydrogen (secondary N) is 1. The first-order valence-corrected chi connectivity index (χ1v) is 12.3. The Morgan fingerprint density at radius 3 is 2.50 bits per heavy atom. The highest BCUT2D eigenvalue weighted by atomic mass is 35.5. The molecule has 0 radical (unpaired) electrons. The van der Waals surface area contributed by atoms with Gasteiger partial charge in [-0.3, -0.25) is 9.59 Å². The maximum Gasteiger partial charge on any atom is 0.261 e. The van der Waals surface area contributed by atoms with Gasteiger partial charge in [0.1, 0.15) is 16.9 Å². The first-order valence-electron chi connectivity index (χ1n) is 12.0. The van der Waals surface area contributed by atoms with E-state index >= 15 is 8.78 Å². The maximum atomic E-state index is 16.5. The Hall–Kier alpha value is -3.71. The van der Waals surface area contributed by atoms with Crippen molar-refractivity contribution in [1.82, 2.24) is 9.55 Å². The first-order chi connectivity index (χ1) is 17.4. The lowest BCUT2D eigenvalue weighted by atomic mass is 9.98. The second-order valence-electron chi connectivity index (χ2n) is 9.66. The number of anilines is 1. The fraction of sp³-hybridized carbons (Fsp3) is 0.214. The van der Waals surface area contributed by atoms with Crippen LogP contribution in [0.1, 0.15) is 30.0 Å². The number of pyridine rings is 2. The third-order valence-electron chi connectivity index (χ3n) is 7.43. The van der Waals surface area contributed by atoms with E-state index in [0.717, 1.165) is 24.5 Å². The van der Waals surface area contributed by atoms with E-state index in [-0.39, 0.29) is 28.0 Å². The Morgan fingerprint density at radius 1 is 0.944 bits per heavy atom. The second-order valence-corrected chi connectivity index (χ2v) is 10.1. The molecule has 1 N–H and O–H groups in total.